The molecule has 1 amide bonds. The molecule has 1 heterocycles. The van der Waals surface area contributed by atoms with Crippen LogP contribution in [0.3, 0.4) is 0 Å². The molecule has 3 rings (SSSR count). The van der Waals surface area contributed by atoms with Crippen LogP contribution >= 0.6 is 11.6 Å². The Balaban J connectivity index is 1.65. The first kappa shape index (κ1) is 15.6. The van der Waals surface area contributed by atoms with Gasteiger partial charge in [0.2, 0.25) is 0 Å². The maximum absolute atomic E-state index is 12.2. The van der Waals surface area contributed by atoms with Crippen LogP contribution in [0.2, 0.25) is 5.02 Å². The van der Waals surface area contributed by atoms with Gasteiger partial charge in [0.25, 0.3) is 5.91 Å². The van der Waals surface area contributed by atoms with E-state index in [4.69, 9.17) is 16.7 Å². The van der Waals surface area contributed by atoms with E-state index in [0.29, 0.717) is 29.8 Å². The van der Waals surface area contributed by atoms with E-state index in [1.54, 1.807) is 23.0 Å². The summed E-state index contributed by atoms with van der Waals surface area (Å²) < 4.78 is 1.60. The van der Waals surface area contributed by atoms with Crippen LogP contribution in [0.25, 0.3) is 5.69 Å². The van der Waals surface area contributed by atoms with Gasteiger partial charge in [-0.1, -0.05) is 11.6 Å². The van der Waals surface area contributed by atoms with Crippen LogP contribution in [0, 0.1) is 5.92 Å². The Morgan fingerprint density at radius 2 is 2.00 bits per heavy atom. The quantitative estimate of drug-likeness (QED) is 0.900. The van der Waals surface area contributed by atoms with Crippen molar-refractivity contribution in [3.8, 4) is 5.69 Å². The Labute approximate surface area is 138 Å². The maximum atomic E-state index is 12.2. The van der Waals surface area contributed by atoms with Crippen molar-refractivity contribution < 1.29 is 14.7 Å². The molecule has 1 aromatic carbocycles. The van der Waals surface area contributed by atoms with Crippen LogP contribution in [0.5, 0.6) is 0 Å². The van der Waals surface area contributed by atoms with E-state index < -0.39 is 5.97 Å². The van der Waals surface area contributed by atoms with Crippen molar-refractivity contribution >= 4 is 23.5 Å². The van der Waals surface area contributed by atoms with E-state index in [2.05, 4.69) is 10.4 Å². The molecule has 0 radical (unpaired) electrons. The molecule has 1 saturated carbocycles. The van der Waals surface area contributed by atoms with Gasteiger partial charge in [-0.15, -0.1) is 0 Å². The second-order valence-electron chi connectivity index (χ2n) is 5.67. The number of nitrogens with zero attached hydrogens (tertiary/aromatic N) is 2. The normalized spacial score (nSPS) is 20.4. The fourth-order valence-electron chi connectivity index (χ4n) is 2.78. The molecule has 0 aliphatic heterocycles. The molecule has 1 aliphatic rings. The van der Waals surface area contributed by atoms with Crippen LogP contribution in [-0.2, 0) is 4.79 Å². The smallest absolute Gasteiger partial charge is 0.306 e. The number of carbonyl (C=O) groups is 2. The summed E-state index contributed by atoms with van der Waals surface area (Å²) in [5.74, 6) is -1.39. The van der Waals surface area contributed by atoms with Gasteiger partial charge in [0.1, 0.15) is 0 Å². The first-order chi connectivity index (χ1) is 11.0. The highest BCUT2D eigenvalue weighted by Gasteiger charge is 2.30. The molecule has 0 spiro atoms. The Bertz CT molecular complexity index is 726. The zero-order chi connectivity index (χ0) is 16.4. The molecule has 23 heavy (non-hydrogen) atoms. The van der Waals surface area contributed by atoms with Gasteiger partial charge in [0.15, 0.2) is 0 Å². The molecule has 1 fully saturated rings. The fraction of sp³-hybridized carbons (Fsp3) is 0.312. The average molecular weight is 334 g/mol. The number of aromatic nitrogens is 2. The topological polar surface area (TPSA) is 84.2 Å². The predicted octanol–water partition coefficient (Wildman–Crippen LogP) is 2.51. The number of aliphatic carboxylic acids is 1. The molecule has 6 nitrogen and oxygen atoms in total. The number of amides is 1. The molecule has 0 saturated heterocycles. The number of rotatable bonds is 4. The molecule has 120 valence electrons. The lowest BCUT2D eigenvalue weighted by Gasteiger charge is -2.11. The maximum Gasteiger partial charge on any atom is 0.306 e. The number of carboxylic acids is 1. The third-order valence-electron chi connectivity index (χ3n) is 4.05. The third kappa shape index (κ3) is 3.53. The number of carbonyl (C=O) groups excluding carboxylic acids is 1. The van der Waals surface area contributed by atoms with E-state index in [-0.39, 0.29) is 17.9 Å². The summed E-state index contributed by atoms with van der Waals surface area (Å²) in [6, 6.07) is 7.03. The third-order valence-corrected chi connectivity index (χ3v) is 4.31. The van der Waals surface area contributed by atoms with E-state index in [9.17, 15) is 9.59 Å². The van der Waals surface area contributed by atoms with Gasteiger partial charge in [-0.05, 0) is 43.5 Å². The zero-order valence-electron chi connectivity index (χ0n) is 12.3. The number of carboxylic acid groups (broad SMARTS) is 1. The molecule has 2 atom stereocenters. The van der Waals surface area contributed by atoms with E-state index in [1.807, 2.05) is 12.1 Å². The minimum Gasteiger partial charge on any atom is -0.481 e. The summed E-state index contributed by atoms with van der Waals surface area (Å²) in [6.45, 7) is 0. The Morgan fingerprint density at radius 3 is 2.65 bits per heavy atom. The summed E-state index contributed by atoms with van der Waals surface area (Å²) in [5, 5.41) is 16.7. The van der Waals surface area contributed by atoms with E-state index >= 15 is 0 Å². The van der Waals surface area contributed by atoms with Crippen molar-refractivity contribution in [1.29, 1.82) is 0 Å². The Hall–Kier alpha value is -2.34. The molecular formula is C16H16ClN3O3. The zero-order valence-corrected chi connectivity index (χ0v) is 13.0. The predicted molar refractivity (Wildman–Crippen MR) is 84.8 cm³/mol. The largest absolute Gasteiger partial charge is 0.481 e. The average Bonchev–Trinajstić information content (AvgIpc) is 3.17. The molecular weight excluding hydrogens is 318 g/mol. The molecule has 7 heteroatoms. The summed E-state index contributed by atoms with van der Waals surface area (Å²) in [4.78, 5) is 23.2. The van der Waals surface area contributed by atoms with Crippen LogP contribution in [-0.4, -0.2) is 32.8 Å². The molecule has 0 unspecified atom stereocenters. The highest BCUT2D eigenvalue weighted by Crippen LogP contribution is 2.25. The molecule has 1 aliphatic carbocycles. The van der Waals surface area contributed by atoms with Crippen molar-refractivity contribution in [1.82, 2.24) is 15.1 Å². The van der Waals surface area contributed by atoms with Crippen molar-refractivity contribution in [2.24, 2.45) is 5.92 Å². The lowest BCUT2D eigenvalue weighted by molar-refractivity contribution is -0.141. The van der Waals surface area contributed by atoms with Gasteiger partial charge in [-0.3, -0.25) is 9.59 Å². The van der Waals surface area contributed by atoms with Gasteiger partial charge < -0.3 is 10.4 Å². The van der Waals surface area contributed by atoms with Crippen LogP contribution < -0.4 is 5.32 Å². The number of hydrogen-bond acceptors (Lipinski definition) is 3. The summed E-state index contributed by atoms with van der Waals surface area (Å²) >= 11 is 5.85. The SMILES string of the molecule is O=C(N[C@@H]1CC[C@H](C(=O)O)C1)c1cnn(-c2ccc(Cl)cc2)c1. The van der Waals surface area contributed by atoms with Crippen LogP contribution in [0.15, 0.2) is 36.7 Å². The van der Waals surface area contributed by atoms with Crippen molar-refractivity contribution in [3.63, 3.8) is 0 Å². The Morgan fingerprint density at radius 1 is 1.26 bits per heavy atom. The lowest BCUT2D eigenvalue weighted by atomic mass is 10.1. The van der Waals surface area contributed by atoms with E-state index in [1.165, 1.54) is 6.20 Å². The standard InChI is InChI=1S/C16H16ClN3O3/c17-12-2-5-14(6-3-12)20-9-11(8-18-20)15(21)19-13-4-1-10(7-13)16(22)23/h2-3,5-6,8-10,13H,1,4,7H2,(H,19,21)(H,22,23)/t10-,13+/m0/s1. The highest BCUT2D eigenvalue weighted by atomic mass is 35.5. The van der Waals surface area contributed by atoms with Crippen molar-refractivity contribution in [3.05, 3.63) is 47.2 Å². The van der Waals surface area contributed by atoms with Gasteiger partial charge in [0.05, 0.1) is 23.4 Å². The number of hydrogen-bond donors (Lipinski definition) is 2. The first-order valence-electron chi connectivity index (χ1n) is 7.37. The molecule has 1 aromatic heterocycles. The monoisotopic (exact) mass is 333 g/mol. The number of benzene rings is 1. The minimum atomic E-state index is -0.794. The fourth-order valence-corrected chi connectivity index (χ4v) is 2.91. The van der Waals surface area contributed by atoms with E-state index in [0.717, 1.165) is 5.69 Å². The second-order valence-corrected chi connectivity index (χ2v) is 6.11. The molecule has 2 aromatic rings. The van der Waals surface area contributed by atoms with Gasteiger partial charge in [-0.25, -0.2) is 4.68 Å². The van der Waals surface area contributed by atoms with Crippen molar-refractivity contribution in [2.45, 2.75) is 25.3 Å². The number of nitrogens with one attached hydrogen (secondary N) is 1. The van der Waals surface area contributed by atoms with Crippen molar-refractivity contribution in [2.75, 3.05) is 0 Å². The molecule has 0 bridgehead atoms. The van der Waals surface area contributed by atoms with Crippen LogP contribution in [0.4, 0.5) is 0 Å². The Kier molecular flexibility index (Phi) is 4.34. The van der Waals surface area contributed by atoms with Gasteiger partial charge in [0, 0.05) is 17.3 Å². The lowest BCUT2D eigenvalue weighted by Crippen LogP contribution is -2.33. The summed E-state index contributed by atoms with van der Waals surface area (Å²) in [7, 11) is 0. The summed E-state index contributed by atoms with van der Waals surface area (Å²) in [6.07, 6.45) is 4.90. The second kappa shape index (κ2) is 6.42. The molecule has 2 N–H and O–H groups in total. The number of halogens is 1. The van der Waals surface area contributed by atoms with Crippen LogP contribution in [0.1, 0.15) is 29.6 Å². The highest BCUT2D eigenvalue weighted by molar-refractivity contribution is 6.30. The minimum absolute atomic E-state index is 0.0949. The van der Waals surface area contributed by atoms with Gasteiger partial charge in [-0.2, -0.15) is 5.10 Å². The first-order valence-corrected chi connectivity index (χ1v) is 7.75. The van der Waals surface area contributed by atoms with Gasteiger partial charge >= 0.3 is 5.97 Å². The summed E-state index contributed by atoms with van der Waals surface area (Å²) in [5.41, 5.74) is 1.25.